The van der Waals surface area contributed by atoms with Crippen LogP contribution >= 0.6 is 22.6 Å². The molecule has 2 nitrogen and oxygen atoms in total. The summed E-state index contributed by atoms with van der Waals surface area (Å²) in [6, 6.07) is 0. The summed E-state index contributed by atoms with van der Waals surface area (Å²) in [7, 11) is 0. The van der Waals surface area contributed by atoms with Crippen molar-refractivity contribution in [3.63, 3.8) is 0 Å². The van der Waals surface area contributed by atoms with Crippen LogP contribution in [-0.4, -0.2) is 16.9 Å². The second-order valence-electron chi connectivity index (χ2n) is 4.07. The van der Waals surface area contributed by atoms with E-state index in [-0.39, 0.29) is 11.3 Å². The van der Waals surface area contributed by atoms with Gasteiger partial charge in [0.05, 0.1) is 0 Å². The highest BCUT2D eigenvalue weighted by molar-refractivity contribution is 14.1. The van der Waals surface area contributed by atoms with Crippen LogP contribution in [0.25, 0.3) is 0 Å². The summed E-state index contributed by atoms with van der Waals surface area (Å²) in [5.41, 5.74) is -0.0654. The topological polar surface area (TPSA) is 29.1 Å². The van der Waals surface area contributed by atoms with Crippen LogP contribution in [0.4, 0.5) is 0 Å². The van der Waals surface area contributed by atoms with Crippen molar-refractivity contribution in [2.24, 2.45) is 5.41 Å². The quantitative estimate of drug-likeness (QED) is 0.629. The molecule has 0 bridgehead atoms. The maximum atomic E-state index is 11.8. The molecule has 0 spiro atoms. The maximum Gasteiger partial charge on any atom is 0.225 e. The van der Waals surface area contributed by atoms with E-state index in [1.807, 2.05) is 0 Å². The summed E-state index contributed by atoms with van der Waals surface area (Å²) in [4.78, 5) is 11.8. The molecule has 0 saturated heterocycles. The normalized spacial score (nSPS) is 21.1. The third-order valence-electron chi connectivity index (χ3n) is 2.89. The van der Waals surface area contributed by atoms with Crippen molar-refractivity contribution in [1.82, 2.24) is 5.32 Å². The Morgan fingerprint density at radius 3 is 2.54 bits per heavy atom. The molecule has 1 amide bonds. The van der Waals surface area contributed by atoms with Gasteiger partial charge in [0, 0.05) is 16.4 Å². The molecule has 1 aliphatic rings. The van der Waals surface area contributed by atoms with E-state index in [0.717, 1.165) is 23.8 Å². The smallest absolute Gasteiger partial charge is 0.225 e. The van der Waals surface area contributed by atoms with Crippen molar-refractivity contribution in [2.75, 3.05) is 11.0 Å². The van der Waals surface area contributed by atoms with Gasteiger partial charge in [0.15, 0.2) is 0 Å². The SMILES string of the molecule is CC1(C(=O)NCCI)CCCCC1. The number of hydrogen-bond acceptors (Lipinski definition) is 1. The van der Waals surface area contributed by atoms with E-state index in [1.54, 1.807) is 0 Å². The van der Waals surface area contributed by atoms with Gasteiger partial charge in [-0.1, -0.05) is 48.8 Å². The minimum absolute atomic E-state index is 0.0654. The highest BCUT2D eigenvalue weighted by atomic mass is 127. The minimum atomic E-state index is -0.0654. The first-order chi connectivity index (χ1) is 6.19. The lowest BCUT2D eigenvalue weighted by molar-refractivity contribution is -0.131. The fourth-order valence-electron chi connectivity index (χ4n) is 1.93. The van der Waals surface area contributed by atoms with E-state index >= 15 is 0 Å². The average Bonchev–Trinajstić information content (AvgIpc) is 2.15. The number of rotatable bonds is 3. The van der Waals surface area contributed by atoms with Gasteiger partial charge < -0.3 is 5.32 Å². The Labute approximate surface area is 94.0 Å². The van der Waals surface area contributed by atoms with Crippen LogP contribution < -0.4 is 5.32 Å². The number of alkyl halides is 1. The second-order valence-corrected chi connectivity index (χ2v) is 5.14. The fraction of sp³-hybridized carbons (Fsp3) is 0.900. The molecule has 1 saturated carbocycles. The number of nitrogens with one attached hydrogen (secondary N) is 1. The van der Waals surface area contributed by atoms with Crippen molar-refractivity contribution >= 4 is 28.5 Å². The Hall–Kier alpha value is 0.200. The first kappa shape index (κ1) is 11.3. The first-order valence-corrected chi connectivity index (χ1v) is 6.56. The van der Waals surface area contributed by atoms with Gasteiger partial charge in [-0.2, -0.15) is 0 Å². The first-order valence-electron chi connectivity index (χ1n) is 5.03. The van der Waals surface area contributed by atoms with E-state index in [4.69, 9.17) is 0 Å². The Balaban J connectivity index is 2.42. The average molecular weight is 295 g/mol. The molecular formula is C10H18INO. The van der Waals surface area contributed by atoms with Crippen molar-refractivity contribution in [2.45, 2.75) is 39.0 Å². The second kappa shape index (κ2) is 5.17. The van der Waals surface area contributed by atoms with Crippen LogP contribution in [0.5, 0.6) is 0 Å². The largest absolute Gasteiger partial charge is 0.355 e. The van der Waals surface area contributed by atoms with E-state index < -0.39 is 0 Å². The highest BCUT2D eigenvalue weighted by Crippen LogP contribution is 2.35. The Kier molecular flexibility index (Phi) is 4.49. The maximum absolute atomic E-state index is 11.8. The Bertz CT molecular complexity index is 176. The van der Waals surface area contributed by atoms with Gasteiger partial charge >= 0.3 is 0 Å². The summed E-state index contributed by atoms with van der Waals surface area (Å²) in [6.07, 6.45) is 5.87. The van der Waals surface area contributed by atoms with Crippen LogP contribution in [0.15, 0.2) is 0 Å². The van der Waals surface area contributed by atoms with E-state index in [2.05, 4.69) is 34.8 Å². The summed E-state index contributed by atoms with van der Waals surface area (Å²) in [5.74, 6) is 0.267. The summed E-state index contributed by atoms with van der Waals surface area (Å²) in [6.45, 7) is 2.92. The van der Waals surface area contributed by atoms with Crippen LogP contribution in [0.3, 0.4) is 0 Å². The Morgan fingerprint density at radius 2 is 2.00 bits per heavy atom. The van der Waals surface area contributed by atoms with Gasteiger partial charge in [0.25, 0.3) is 0 Å². The van der Waals surface area contributed by atoms with E-state index in [9.17, 15) is 4.79 Å². The van der Waals surface area contributed by atoms with Crippen LogP contribution in [0.2, 0.25) is 0 Å². The van der Waals surface area contributed by atoms with Crippen molar-refractivity contribution in [1.29, 1.82) is 0 Å². The van der Waals surface area contributed by atoms with Gasteiger partial charge in [-0.25, -0.2) is 0 Å². The lowest BCUT2D eigenvalue weighted by Crippen LogP contribution is -2.40. The van der Waals surface area contributed by atoms with Crippen molar-refractivity contribution < 1.29 is 4.79 Å². The van der Waals surface area contributed by atoms with E-state index in [1.165, 1.54) is 19.3 Å². The third kappa shape index (κ3) is 3.11. The number of hydrogen-bond donors (Lipinski definition) is 1. The minimum Gasteiger partial charge on any atom is -0.355 e. The molecule has 0 atom stereocenters. The number of carbonyl (C=O) groups is 1. The molecule has 0 aromatic heterocycles. The van der Waals surface area contributed by atoms with E-state index in [0.29, 0.717) is 0 Å². The molecule has 0 aliphatic heterocycles. The molecule has 1 aliphatic carbocycles. The molecule has 0 aromatic carbocycles. The molecule has 0 heterocycles. The molecule has 1 rings (SSSR count). The molecule has 0 radical (unpaired) electrons. The van der Waals surface area contributed by atoms with Crippen LogP contribution in [0, 0.1) is 5.41 Å². The van der Waals surface area contributed by atoms with Crippen LogP contribution in [0.1, 0.15) is 39.0 Å². The molecule has 13 heavy (non-hydrogen) atoms. The van der Waals surface area contributed by atoms with Crippen molar-refractivity contribution in [3.8, 4) is 0 Å². The molecule has 1 N–H and O–H groups in total. The van der Waals surface area contributed by atoms with Gasteiger partial charge in [-0.3, -0.25) is 4.79 Å². The molecule has 1 fully saturated rings. The predicted octanol–water partition coefficient (Wildman–Crippen LogP) is 2.51. The fourth-order valence-corrected chi connectivity index (χ4v) is 2.20. The molecule has 0 unspecified atom stereocenters. The number of carbonyl (C=O) groups excluding carboxylic acids is 1. The third-order valence-corrected chi connectivity index (χ3v) is 3.42. The van der Waals surface area contributed by atoms with Gasteiger partial charge in [-0.05, 0) is 12.8 Å². The number of halogens is 1. The molecule has 3 heteroatoms. The molecular weight excluding hydrogens is 277 g/mol. The highest BCUT2D eigenvalue weighted by Gasteiger charge is 2.33. The predicted molar refractivity (Wildman–Crippen MR) is 63.1 cm³/mol. The zero-order chi connectivity index (χ0) is 9.73. The summed E-state index contributed by atoms with van der Waals surface area (Å²) >= 11 is 2.28. The lowest BCUT2D eigenvalue weighted by atomic mass is 9.75. The standard InChI is InChI=1S/C10H18INO/c1-10(5-3-2-4-6-10)9(13)12-8-7-11/h2-8H2,1H3,(H,12,13). The zero-order valence-electron chi connectivity index (χ0n) is 8.24. The van der Waals surface area contributed by atoms with Crippen LogP contribution in [-0.2, 0) is 4.79 Å². The Morgan fingerprint density at radius 1 is 1.38 bits per heavy atom. The lowest BCUT2D eigenvalue weighted by Gasteiger charge is -2.31. The summed E-state index contributed by atoms with van der Waals surface area (Å²) < 4.78 is 1.000. The summed E-state index contributed by atoms with van der Waals surface area (Å²) in [5, 5.41) is 3.00. The zero-order valence-corrected chi connectivity index (χ0v) is 10.4. The van der Waals surface area contributed by atoms with Gasteiger partial charge in [-0.15, -0.1) is 0 Å². The molecule has 76 valence electrons. The van der Waals surface area contributed by atoms with Crippen molar-refractivity contribution in [3.05, 3.63) is 0 Å². The molecule has 0 aromatic rings. The van der Waals surface area contributed by atoms with Gasteiger partial charge in [0.2, 0.25) is 5.91 Å². The monoisotopic (exact) mass is 295 g/mol. The van der Waals surface area contributed by atoms with Gasteiger partial charge in [0.1, 0.15) is 0 Å². The number of amides is 1.